The first-order chi connectivity index (χ1) is 5.97. The van der Waals surface area contributed by atoms with E-state index in [-0.39, 0.29) is 36.3 Å². The Morgan fingerprint density at radius 3 is 1.21 bits per heavy atom. The molecule has 0 spiro atoms. The van der Waals surface area contributed by atoms with Crippen LogP contribution in [-0.4, -0.2) is 19.9 Å². The van der Waals surface area contributed by atoms with E-state index < -0.39 is 0 Å². The van der Waals surface area contributed by atoms with Gasteiger partial charge in [-0.25, -0.2) is 19.9 Å². The van der Waals surface area contributed by atoms with E-state index in [9.17, 15) is 0 Å². The maximum atomic E-state index is 4.01. The Kier molecular flexibility index (Phi) is 6.36. The Bertz CT molecular complexity index is 319. The molecule has 14 heavy (non-hydrogen) atoms. The summed E-state index contributed by atoms with van der Waals surface area (Å²) in [5, 5.41) is 0. The number of hydrogen-bond donors (Lipinski definition) is 0. The Morgan fingerprint density at radius 2 is 0.929 bits per heavy atom. The summed E-state index contributed by atoms with van der Waals surface area (Å²) in [5.41, 5.74) is 0. The second kappa shape index (κ2) is 6.70. The standard InChI is InChI=1S/C8H6N4.Co.Ru/c1-3-9-7(10-4-1)8-11-5-2-6-12-8;;/h1-6H;;. The van der Waals surface area contributed by atoms with Crippen molar-refractivity contribution in [2.45, 2.75) is 0 Å². The average Bonchev–Trinajstić information content (AvgIpc) is 2.21. The summed E-state index contributed by atoms with van der Waals surface area (Å²) in [6.45, 7) is 0. The summed E-state index contributed by atoms with van der Waals surface area (Å²) >= 11 is 0. The number of rotatable bonds is 1. The van der Waals surface area contributed by atoms with Gasteiger partial charge < -0.3 is 0 Å². The molecule has 75 valence electrons. The van der Waals surface area contributed by atoms with Crippen LogP contribution in [0.15, 0.2) is 36.9 Å². The van der Waals surface area contributed by atoms with Crippen LogP contribution in [0, 0.1) is 0 Å². The topological polar surface area (TPSA) is 51.6 Å². The van der Waals surface area contributed by atoms with E-state index in [2.05, 4.69) is 19.9 Å². The molecule has 0 saturated carbocycles. The molecule has 4 nitrogen and oxygen atoms in total. The molecule has 0 amide bonds. The van der Waals surface area contributed by atoms with Crippen LogP contribution in [0.3, 0.4) is 0 Å². The van der Waals surface area contributed by atoms with Crippen LogP contribution in [-0.2, 0) is 36.3 Å². The summed E-state index contributed by atoms with van der Waals surface area (Å²) in [4.78, 5) is 16.1. The Balaban J connectivity index is 0.000000845. The first kappa shape index (κ1) is 13.3. The van der Waals surface area contributed by atoms with Gasteiger partial charge in [-0.15, -0.1) is 0 Å². The van der Waals surface area contributed by atoms with Crippen LogP contribution >= 0.6 is 0 Å². The van der Waals surface area contributed by atoms with Gasteiger partial charge in [0.2, 0.25) is 0 Å². The summed E-state index contributed by atoms with van der Waals surface area (Å²) in [5.74, 6) is 1.11. The second-order valence-corrected chi connectivity index (χ2v) is 2.14. The molecule has 0 aromatic carbocycles. The van der Waals surface area contributed by atoms with Gasteiger partial charge in [0.15, 0.2) is 11.6 Å². The van der Waals surface area contributed by atoms with Crippen LogP contribution in [0.2, 0.25) is 0 Å². The molecule has 1 radical (unpaired) electrons. The minimum Gasteiger partial charge on any atom is -0.234 e. The second-order valence-electron chi connectivity index (χ2n) is 2.14. The Morgan fingerprint density at radius 1 is 0.643 bits per heavy atom. The molecule has 2 aromatic rings. The van der Waals surface area contributed by atoms with Crippen molar-refractivity contribution in [2.75, 3.05) is 0 Å². The molecule has 0 fully saturated rings. The quantitative estimate of drug-likeness (QED) is 0.734. The van der Waals surface area contributed by atoms with E-state index in [4.69, 9.17) is 0 Å². The third-order valence-electron chi connectivity index (χ3n) is 1.33. The number of aromatic nitrogens is 4. The zero-order chi connectivity index (χ0) is 8.23. The minimum atomic E-state index is 0. The van der Waals surface area contributed by atoms with Gasteiger partial charge in [-0.05, 0) is 12.1 Å². The summed E-state index contributed by atoms with van der Waals surface area (Å²) in [6, 6.07) is 3.51. The number of nitrogens with zero attached hydrogens (tertiary/aromatic N) is 4. The third kappa shape index (κ3) is 3.21. The van der Waals surface area contributed by atoms with Crippen LogP contribution in [0.5, 0.6) is 0 Å². The molecule has 0 bridgehead atoms. The SMILES string of the molecule is [Co].[Ru].c1cnc(-c2ncccn2)nc1. The third-order valence-corrected chi connectivity index (χ3v) is 1.33. The fourth-order valence-corrected chi connectivity index (χ4v) is 0.829. The van der Waals surface area contributed by atoms with E-state index in [1.807, 2.05) is 0 Å². The largest absolute Gasteiger partial charge is 0.234 e. The smallest absolute Gasteiger partial charge is 0.197 e. The zero-order valence-corrected chi connectivity index (χ0v) is 9.72. The molecule has 0 aliphatic carbocycles. The van der Waals surface area contributed by atoms with E-state index in [0.717, 1.165) is 0 Å². The molecule has 0 N–H and O–H groups in total. The summed E-state index contributed by atoms with van der Waals surface area (Å²) in [7, 11) is 0. The van der Waals surface area contributed by atoms with Crippen molar-refractivity contribution in [1.82, 2.24) is 19.9 Å². The van der Waals surface area contributed by atoms with E-state index in [0.29, 0.717) is 11.6 Å². The maximum Gasteiger partial charge on any atom is 0.197 e. The molecule has 0 atom stereocenters. The molecule has 2 rings (SSSR count). The van der Waals surface area contributed by atoms with Crippen LogP contribution in [0.1, 0.15) is 0 Å². The first-order valence-corrected chi connectivity index (χ1v) is 3.51. The van der Waals surface area contributed by atoms with Crippen LogP contribution in [0.25, 0.3) is 11.6 Å². The van der Waals surface area contributed by atoms with Crippen LogP contribution in [0.4, 0.5) is 0 Å². The molecule has 0 saturated heterocycles. The van der Waals surface area contributed by atoms with Crippen molar-refractivity contribution in [3.63, 3.8) is 0 Å². The average molecular weight is 318 g/mol. The van der Waals surface area contributed by atoms with Gasteiger partial charge in [0.05, 0.1) is 0 Å². The maximum absolute atomic E-state index is 4.01. The van der Waals surface area contributed by atoms with Crippen molar-refractivity contribution < 1.29 is 36.3 Å². The predicted molar refractivity (Wildman–Crippen MR) is 43.1 cm³/mol. The predicted octanol–water partition coefficient (Wildman–Crippen LogP) is 0.929. The zero-order valence-electron chi connectivity index (χ0n) is 6.94. The normalized spacial score (nSPS) is 8.29. The summed E-state index contributed by atoms with van der Waals surface area (Å²) in [6.07, 6.45) is 6.66. The fraction of sp³-hybridized carbons (Fsp3) is 0. The van der Waals surface area contributed by atoms with E-state index >= 15 is 0 Å². The molecule has 0 unspecified atom stereocenters. The Hall–Kier alpha value is -0.710. The van der Waals surface area contributed by atoms with Crippen molar-refractivity contribution >= 4 is 0 Å². The van der Waals surface area contributed by atoms with E-state index in [1.165, 1.54) is 0 Å². The van der Waals surface area contributed by atoms with Gasteiger partial charge in [-0.2, -0.15) is 0 Å². The van der Waals surface area contributed by atoms with Gasteiger partial charge >= 0.3 is 0 Å². The van der Waals surface area contributed by atoms with E-state index in [1.54, 1.807) is 36.9 Å². The van der Waals surface area contributed by atoms with Crippen LogP contribution < -0.4 is 0 Å². The first-order valence-electron chi connectivity index (χ1n) is 3.51. The molecule has 2 aromatic heterocycles. The monoisotopic (exact) mass is 319 g/mol. The fourth-order valence-electron chi connectivity index (χ4n) is 0.829. The van der Waals surface area contributed by atoms with Crippen molar-refractivity contribution in [3.05, 3.63) is 36.9 Å². The Labute approximate surface area is 105 Å². The number of hydrogen-bond acceptors (Lipinski definition) is 4. The summed E-state index contributed by atoms with van der Waals surface area (Å²) < 4.78 is 0. The molecule has 0 aliphatic heterocycles. The molecule has 2 heterocycles. The van der Waals surface area contributed by atoms with Gasteiger partial charge in [-0.1, -0.05) is 0 Å². The van der Waals surface area contributed by atoms with Gasteiger partial charge in [0.25, 0.3) is 0 Å². The van der Waals surface area contributed by atoms with Crippen molar-refractivity contribution in [1.29, 1.82) is 0 Å². The van der Waals surface area contributed by atoms with Gasteiger partial charge in [0, 0.05) is 61.0 Å². The molecule has 0 aliphatic rings. The van der Waals surface area contributed by atoms with Gasteiger partial charge in [-0.3, -0.25) is 0 Å². The van der Waals surface area contributed by atoms with Crippen molar-refractivity contribution in [2.24, 2.45) is 0 Å². The minimum absolute atomic E-state index is 0. The van der Waals surface area contributed by atoms with Crippen molar-refractivity contribution in [3.8, 4) is 11.6 Å². The molecule has 6 heteroatoms. The van der Waals surface area contributed by atoms with Gasteiger partial charge in [0.1, 0.15) is 0 Å². The molecular formula is C8H6CoN4Ru. The molecular weight excluding hydrogens is 312 g/mol.